The molecule has 1 aromatic rings. The van der Waals surface area contributed by atoms with Crippen LogP contribution in [0.4, 0.5) is 0 Å². The summed E-state index contributed by atoms with van der Waals surface area (Å²) in [7, 11) is 0. The van der Waals surface area contributed by atoms with Gasteiger partial charge >= 0.3 is 0 Å². The number of fused-ring (bicyclic) bond motifs is 2. The van der Waals surface area contributed by atoms with E-state index in [-0.39, 0.29) is 0 Å². The van der Waals surface area contributed by atoms with Gasteiger partial charge in [0.25, 0.3) is 0 Å². The Bertz CT molecular complexity index is 482. The first-order valence-electron chi connectivity index (χ1n) is 6.65. The van der Waals surface area contributed by atoms with Crippen LogP contribution in [0.2, 0.25) is 5.02 Å². The largest absolute Gasteiger partial charge is 0.0843 e. The van der Waals surface area contributed by atoms with Crippen LogP contribution in [0.5, 0.6) is 0 Å². The van der Waals surface area contributed by atoms with Crippen molar-refractivity contribution >= 4 is 17.2 Å². The predicted octanol–water partition coefficient (Wildman–Crippen LogP) is 5.11. The van der Waals surface area contributed by atoms with Crippen molar-refractivity contribution < 1.29 is 0 Å². The van der Waals surface area contributed by atoms with Crippen molar-refractivity contribution in [2.45, 2.75) is 39.5 Å². The Kier molecular flexibility index (Phi) is 2.78. The van der Waals surface area contributed by atoms with Gasteiger partial charge in [-0.1, -0.05) is 37.1 Å². The van der Waals surface area contributed by atoms with Crippen molar-refractivity contribution in [2.24, 2.45) is 11.8 Å². The van der Waals surface area contributed by atoms with E-state index in [1.165, 1.54) is 36.8 Å². The van der Waals surface area contributed by atoms with Crippen molar-refractivity contribution in [3.05, 3.63) is 39.9 Å². The second-order valence-corrected chi connectivity index (χ2v) is 6.24. The lowest BCUT2D eigenvalue weighted by molar-refractivity contribution is 0.357. The topological polar surface area (TPSA) is 0 Å². The Labute approximate surface area is 109 Å². The molecular formula is C16H19Cl. The molecule has 0 radical (unpaired) electrons. The smallest absolute Gasteiger partial charge is 0.0412 e. The molecule has 0 aliphatic heterocycles. The van der Waals surface area contributed by atoms with Crippen molar-refractivity contribution in [3.63, 3.8) is 0 Å². The Hall–Kier alpha value is -0.750. The van der Waals surface area contributed by atoms with Gasteiger partial charge in [0, 0.05) is 5.02 Å². The van der Waals surface area contributed by atoms with Gasteiger partial charge in [0.15, 0.2) is 0 Å². The fraction of sp³-hybridized carbons (Fsp3) is 0.500. The maximum absolute atomic E-state index is 6.13. The van der Waals surface area contributed by atoms with E-state index in [2.05, 4.69) is 26.0 Å². The van der Waals surface area contributed by atoms with E-state index in [1.54, 1.807) is 11.1 Å². The zero-order valence-corrected chi connectivity index (χ0v) is 11.3. The van der Waals surface area contributed by atoms with Crippen molar-refractivity contribution in [2.75, 3.05) is 0 Å². The first kappa shape index (κ1) is 11.3. The SMILES string of the molecule is CC(C)C1CCC2=C(C1)c1cc(Cl)ccc1C2. The third kappa shape index (κ3) is 1.93. The molecule has 0 N–H and O–H groups in total. The van der Waals surface area contributed by atoms with Crippen LogP contribution in [0, 0.1) is 11.8 Å². The standard InChI is InChI=1S/C16H19Cl/c1-10(2)11-3-4-12-7-13-5-6-14(17)9-16(13)15(12)8-11/h5-6,9-11H,3-4,7-8H2,1-2H3. The molecule has 0 heterocycles. The number of hydrogen-bond donors (Lipinski definition) is 0. The Morgan fingerprint density at radius 2 is 2.12 bits per heavy atom. The summed E-state index contributed by atoms with van der Waals surface area (Å²) in [6.07, 6.45) is 5.11. The monoisotopic (exact) mass is 246 g/mol. The number of rotatable bonds is 1. The number of allylic oxidation sites excluding steroid dienone is 2. The molecule has 0 amide bonds. The Balaban J connectivity index is 1.97. The van der Waals surface area contributed by atoms with Crippen LogP contribution in [0.15, 0.2) is 23.8 Å². The van der Waals surface area contributed by atoms with Gasteiger partial charge in [0.05, 0.1) is 0 Å². The van der Waals surface area contributed by atoms with Crippen molar-refractivity contribution in [3.8, 4) is 0 Å². The fourth-order valence-corrected chi connectivity index (χ4v) is 3.47. The molecule has 0 fully saturated rings. The number of halogens is 1. The van der Waals surface area contributed by atoms with Crippen LogP contribution in [0.1, 0.15) is 44.2 Å². The molecule has 2 aliphatic rings. The Morgan fingerprint density at radius 3 is 2.88 bits per heavy atom. The van der Waals surface area contributed by atoms with Crippen LogP contribution in [0.3, 0.4) is 0 Å². The van der Waals surface area contributed by atoms with Crippen molar-refractivity contribution in [1.82, 2.24) is 0 Å². The minimum Gasteiger partial charge on any atom is -0.0843 e. The van der Waals surface area contributed by atoms with Gasteiger partial charge in [0.2, 0.25) is 0 Å². The highest BCUT2D eigenvalue weighted by Crippen LogP contribution is 2.45. The summed E-state index contributed by atoms with van der Waals surface area (Å²) in [6.45, 7) is 4.70. The first-order valence-corrected chi connectivity index (χ1v) is 7.02. The molecule has 17 heavy (non-hydrogen) atoms. The molecule has 1 atom stereocenters. The van der Waals surface area contributed by atoms with Gasteiger partial charge in [0.1, 0.15) is 0 Å². The molecule has 0 spiro atoms. The van der Waals surface area contributed by atoms with E-state index in [1.807, 2.05) is 6.07 Å². The van der Waals surface area contributed by atoms with E-state index in [0.29, 0.717) is 0 Å². The summed E-state index contributed by atoms with van der Waals surface area (Å²) in [5.41, 5.74) is 6.23. The van der Waals surface area contributed by atoms with E-state index < -0.39 is 0 Å². The zero-order chi connectivity index (χ0) is 12.0. The zero-order valence-electron chi connectivity index (χ0n) is 10.6. The van der Waals surface area contributed by atoms with Gasteiger partial charge in [-0.25, -0.2) is 0 Å². The molecule has 2 aliphatic carbocycles. The molecule has 0 bridgehead atoms. The van der Waals surface area contributed by atoms with E-state index >= 15 is 0 Å². The molecule has 1 heteroatoms. The second-order valence-electron chi connectivity index (χ2n) is 5.81. The molecule has 1 unspecified atom stereocenters. The Morgan fingerprint density at radius 1 is 1.29 bits per heavy atom. The summed E-state index contributed by atoms with van der Waals surface area (Å²) in [5, 5.41) is 0.879. The maximum atomic E-state index is 6.13. The molecule has 3 rings (SSSR count). The molecule has 0 saturated carbocycles. The summed E-state index contributed by atoms with van der Waals surface area (Å²) in [6, 6.07) is 6.40. The molecule has 0 nitrogen and oxygen atoms in total. The minimum atomic E-state index is 0.798. The maximum Gasteiger partial charge on any atom is 0.0412 e. The van der Waals surface area contributed by atoms with Crippen LogP contribution < -0.4 is 0 Å². The fourth-order valence-electron chi connectivity index (χ4n) is 3.30. The van der Waals surface area contributed by atoms with Crippen LogP contribution in [-0.2, 0) is 6.42 Å². The molecule has 90 valence electrons. The summed E-state index contributed by atoms with van der Waals surface area (Å²) >= 11 is 6.13. The molecule has 1 aromatic carbocycles. The van der Waals surface area contributed by atoms with Crippen LogP contribution in [-0.4, -0.2) is 0 Å². The average Bonchev–Trinajstić information content (AvgIpc) is 2.66. The predicted molar refractivity (Wildman–Crippen MR) is 74.3 cm³/mol. The van der Waals surface area contributed by atoms with Gasteiger partial charge in [-0.2, -0.15) is 0 Å². The minimum absolute atomic E-state index is 0.798. The molecular weight excluding hydrogens is 228 g/mol. The van der Waals surface area contributed by atoms with Gasteiger partial charge in [-0.05, 0) is 66.4 Å². The van der Waals surface area contributed by atoms with Crippen LogP contribution in [0.25, 0.3) is 5.57 Å². The van der Waals surface area contributed by atoms with E-state index in [4.69, 9.17) is 11.6 Å². The summed E-state index contributed by atoms with van der Waals surface area (Å²) < 4.78 is 0. The highest BCUT2D eigenvalue weighted by Gasteiger charge is 2.29. The van der Waals surface area contributed by atoms with Crippen molar-refractivity contribution in [1.29, 1.82) is 0 Å². The first-order chi connectivity index (χ1) is 8.15. The number of benzene rings is 1. The normalized spacial score (nSPS) is 22.9. The third-order valence-corrected chi connectivity index (χ3v) is 4.69. The molecule has 0 aromatic heterocycles. The molecule has 0 saturated heterocycles. The average molecular weight is 247 g/mol. The van der Waals surface area contributed by atoms with E-state index in [0.717, 1.165) is 16.9 Å². The van der Waals surface area contributed by atoms with Crippen LogP contribution >= 0.6 is 11.6 Å². The summed E-state index contributed by atoms with van der Waals surface area (Å²) in [4.78, 5) is 0. The highest BCUT2D eigenvalue weighted by molar-refractivity contribution is 6.30. The second kappa shape index (κ2) is 4.17. The summed E-state index contributed by atoms with van der Waals surface area (Å²) in [5.74, 6) is 1.66. The van der Waals surface area contributed by atoms with E-state index in [9.17, 15) is 0 Å². The third-order valence-electron chi connectivity index (χ3n) is 4.45. The lowest BCUT2D eigenvalue weighted by Crippen LogP contribution is -2.13. The highest BCUT2D eigenvalue weighted by atomic mass is 35.5. The quantitative estimate of drug-likeness (QED) is 0.646. The number of hydrogen-bond acceptors (Lipinski definition) is 0. The lowest BCUT2D eigenvalue weighted by Gasteiger charge is -2.27. The lowest BCUT2D eigenvalue weighted by atomic mass is 9.78. The van der Waals surface area contributed by atoms with Gasteiger partial charge < -0.3 is 0 Å². The van der Waals surface area contributed by atoms with Gasteiger partial charge in [-0.3, -0.25) is 0 Å². The van der Waals surface area contributed by atoms with Gasteiger partial charge in [-0.15, -0.1) is 0 Å².